The van der Waals surface area contributed by atoms with Crippen LogP contribution in [0.5, 0.6) is 0 Å². The lowest BCUT2D eigenvalue weighted by Gasteiger charge is -2.24. The Morgan fingerprint density at radius 1 is 0.776 bits per heavy atom. The molecule has 0 N–H and O–H groups in total. The van der Waals surface area contributed by atoms with Gasteiger partial charge in [0.2, 0.25) is 0 Å². The molecule has 2 aromatic heterocycles. The second-order valence-electron chi connectivity index (χ2n) is 12.2. The van der Waals surface area contributed by atoms with Crippen LogP contribution in [0.2, 0.25) is 0 Å². The third-order valence-electron chi connectivity index (χ3n) is 8.81. The van der Waals surface area contributed by atoms with E-state index in [0.717, 1.165) is 41.8 Å². The highest BCUT2D eigenvalue weighted by Crippen LogP contribution is 2.29. The lowest BCUT2D eigenvalue weighted by Crippen LogP contribution is -2.26. The predicted molar refractivity (Wildman–Crippen MR) is 175 cm³/mol. The highest BCUT2D eigenvalue weighted by atomic mass is 19.4. The Morgan fingerprint density at radius 2 is 1.24 bits per heavy atom. The minimum Gasteiger partial charge on any atom is -0.431 e. The molecule has 0 radical (unpaired) electrons. The van der Waals surface area contributed by atoms with Crippen LogP contribution in [-0.2, 0) is 32.4 Å². The fourth-order valence-electron chi connectivity index (χ4n) is 5.47. The summed E-state index contributed by atoms with van der Waals surface area (Å²) in [5.74, 6) is 1.55. The molecule has 13 heteroatoms. The molecule has 5 rings (SSSR count). The van der Waals surface area contributed by atoms with Gasteiger partial charge in [-0.25, -0.2) is 19.6 Å². The molecule has 0 amide bonds. The summed E-state index contributed by atoms with van der Waals surface area (Å²) in [7, 11) is 0. The number of alkyl halides is 3. The summed E-state index contributed by atoms with van der Waals surface area (Å²) in [6.07, 6.45) is 3.17. The molecule has 0 aliphatic heterocycles. The van der Waals surface area contributed by atoms with Crippen molar-refractivity contribution in [2.45, 2.75) is 98.4 Å². The topological polar surface area (TPSA) is 107 Å². The average molecular weight is 685 g/mol. The normalized spacial score (nSPS) is 14.1. The molecule has 2 unspecified atom stereocenters. The highest BCUT2D eigenvalue weighted by Gasteiger charge is 2.30. The van der Waals surface area contributed by atoms with Crippen molar-refractivity contribution in [2.75, 3.05) is 6.61 Å². The zero-order chi connectivity index (χ0) is 35.7. The number of hydrogen-bond donors (Lipinski definition) is 0. The largest absolute Gasteiger partial charge is 0.510 e. The van der Waals surface area contributed by atoms with Crippen molar-refractivity contribution in [3.05, 3.63) is 106 Å². The molecular weight excluding hydrogens is 641 g/mol. The molecule has 2 atom stereocenters. The first-order valence-electron chi connectivity index (χ1n) is 16.1. The number of imidazole rings is 2. The van der Waals surface area contributed by atoms with Gasteiger partial charge in [0, 0.05) is 36.6 Å². The van der Waals surface area contributed by atoms with Gasteiger partial charge < -0.3 is 28.1 Å². The summed E-state index contributed by atoms with van der Waals surface area (Å²) in [4.78, 5) is 31.7. The quantitative estimate of drug-likeness (QED) is 0.153. The van der Waals surface area contributed by atoms with Gasteiger partial charge in [-0.15, -0.1) is 0 Å². The Morgan fingerprint density at radius 3 is 1.67 bits per heavy atom. The molecule has 1 aliphatic rings. The van der Waals surface area contributed by atoms with Crippen LogP contribution in [-0.4, -0.2) is 50.3 Å². The zero-order valence-corrected chi connectivity index (χ0v) is 28.6. The van der Waals surface area contributed by atoms with E-state index < -0.39 is 25.1 Å². The van der Waals surface area contributed by atoms with Crippen LogP contribution in [0.4, 0.5) is 22.8 Å². The first-order valence-corrected chi connectivity index (χ1v) is 16.1. The Kier molecular flexibility index (Phi) is 12.5. The van der Waals surface area contributed by atoms with Crippen molar-refractivity contribution in [2.24, 2.45) is 0 Å². The Hall–Kier alpha value is -4.81. The third kappa shape index (κ3) is 10.1. The van der Waals surface area contributed by atoms with Crippen molar-refractivity contribution >= 4 is 12.3 Å². The van der Waals surface area contributed by atoms with E-state index >= 15 is 0 Å². The van der Waals surface area contributed by atoms with Gasteiger partial charge >= 0.3 is 18.5 Å². The van der Waals surface area contributed by atoms with Crippen molar-refractivity contribution in [1.82, 2.24) is 19.1 Å². The van der Waals surface area contributed by atoms with Crippen LogP contribution in [0.1, 0.15) is 90.0 Å². The first-order chi connectivity index (χ1) is 23.2. The molecule has 2 aromatic carbocycles. The number of carbonyl (C=O) groups is 2. The number of ether oxygens (including phenoxy) is 4. The molecule has 0 saturated heterocycles. The summed E-state index contributed by atoms with van der Waals surface area (Å²) in [6, 6.07) is 12.2. The van der Waals surface area contributed by atoms with E-state index in [1.807, 2.05) is 49.7 Å². The summed E-state index contributed by atoms with van der Waals surface area (Å²) in [6.45, 7) is 10.5. The number of rotatable bonds is 10. The van der Waals surface area contributed by atoms with Crippen molar-refractivity contribution in [3.63, 3.8) is 0 Å². The smallest absolute Gasteiger partial charge is 0.431 e. The molecule has 264 valence electrons. The molecule has 4 aromatic rings. The molecular formula is C36H43F3N4O6. The Bertz CT molecular complexity index is 1710. The van der Waals surface area contributed by atoms with Gasteiger partial charge in [-0.1, -0.05) is 50.2 Å². The second-order valence-corrected chi connectivity index (χ2v) is 12.2. The van der Waals surface area contributed by atoms with Crippen molar-refractivity contribution in [3.8, 4) is 0 Å². The maximum Gasteiger partial charge on any atom is 0.510 e. The number of halogens is 3. The van der Waals surface area contributed by atoms with E-state index in [4.69, 9.17) is 14.2 Å². The molecule has 1 saturated carbocycles. The van der Waals surface area contributed by atoms with Crippen molar-refractivity contribution < 1.29 is 41.7 Å². The van der Waals surface area contributed by atoms with Crippen LogP contribution in [0.25, 0.3) is 0 Å². The number of nitrogens with zero attached hydrogens (tertiary/aromatic N) is 4. The van der Waals surface area contributed by atoms with Gasteiger partial charge in [0.05, 0.1) is 0 Å². The zero-order valence-electron chi connectivity index (χ0n) is 28.6. The van der Waals surface area contributed by atoms with Gasteiger partial charge in [-0.3, -0.25) is 0 Å². The molecule has 1 fully saturated rings. The molecule has 0 bridgehead atoms. The van der Waals surface area contributed by atoms with E-state index in [1.165, 1.54) is 16.7 Å². The predicted octanol–water partition coefficient (Wildman–Crippen LogP) is 8.64. The summed E-state index contributed by atoms with van der Waals surface area (Å²) in [5.41, 5.74) is 7.12. The minimum atomic E-state index is -4.59. The van der Waals surface area contributed by atoms with E-state index in [0.29, 0.717) is 5.82 Å². The number of aromatic nitrogens is 4. The van der Waals surface area contributed by atoms with Crippen LogP contribution < -0.4 is 0 Å². The second kappa shape index (κ2) is 16.5. The maximum absolute atomic E-state index is 12.0. The van der Waals surface area contributed by atoms with Gasteiger partial charge in [0.25, 0.3) is 0 Å². The van der Waals surface area contributed by atoms with E-state index in [1.54, 1.807) is 23.2 Å². The van der Waals surface area contributed by atoms with Crippen LogP contribution >= 0.6 is 0 Å². The van der Waals surface area contributed by atoms with E-state index in [9.17, 15) is 22.8 Å². The minimum absolute atomic E-state index is 0.0358. The molecule has 0 spiro atoms. The summed E-state index contributed by atoms with van der Waals surface area (Å²) in [5, 5.41) is 0. The Labute approximate surface area is 284 Å². The highest BCUT2D eigenvalue weighted by molar-refractivity contribution is 5.60. The average Bonchev–Trinajstić information content (AvgIpc) is 3.72. The molecule has 2 heterocycles. The number of aryl methyl sites for hydroxylation is 2. The SMILES string of the molecule is Cc1cccc(C(C)c2nccn2COC(=O)OC2CCC2)c1C.Cc1cccc(C(C)c2nccn2COC(=O)OCC(F)(F)F)c1C. The van der Waals surface area contributed by atoms with Crippen LogP contribution in [0.3, 0.4) is 0 Å². The van der Waals surface area contributed by atoms with Crippen LogP contribution in [0, 0.1) is 27.7 Å². The van der Waals surface area contributed by atoms with Crippen LogP contribution in [0.15, 0.2) is 61.2 Å². The molecule has 49 heavy (non-hydrogen) atoms. The van der Waals surface area contributed by atoms with Gasteiger partial charge in [-0.05, 0) is 80.3 Å². The molecule has 1 aliphatic carbocycles. The third-order valence-corrected chi connectivity index (χ3v) is 8.81. The van der Waals surface area contributed by atoms with Gasteiger partial charge in [0.1, 0.15) is 17.8 Å². The lowest BCUT2D eigenvalue weighted by atomic mass is 9.93. The maximum atomic E-state index is 12.0. The monoisotopic (exact) mass is 684 g/mol. The number of carbonyl (C=O) groups excluding carboxylic acids is 2. The lowest BCUT2D eigenvalue weighted by molar-refractivity contribution is -0.166. The fourth-order valence-corrected chi connectivity index (χ4v) is 5.47. The Balaban J connectivity index is 0.000000221. The van der Waals surface area contributed by atoms with Gasteiger partial charge in [0.15, 0.2) is 20.1 Å². The molecule has 10 nitrogen and oxygen atoms in total. The van der Waals surface area contributed by atoms with Gasteiger partial charge in [-0.2, -0.15) is 13.2 Å². The fraction of sp³-hybridized carbons (Fsp3) is 0.444. The van der Waals surface area contributed by atoms with E-state index in [2.05, 4.69) is 53.7 Å². The van der Waals surface area contributed by atoms with Crippen molar-refractivity contribution in [1.29, 1.82) is 0 Å². The number of benzene rings is 2. The standard InChI is InChI=1S/C19H24N2O3.C17H19F3N2O3/c1-13-6-4-9-17(14(13)2)15(3)18-20-10-11-21(18)12-23-19(22)24-16-7-5-8-16;1-11-5-4-6-14(12(11)2)13(3)15-21-7-8-22(15)10-25-16(23)24-9-17(18,19)20/h4,6,9-11,15-16H,5,7-8,12H2,1-3H3;4-8,13H,9-10H2,1-3H3. The summed E-state index contributed by atoms with van der Waals surface area (Å²) < 4.78 is 58.6. The first kappa shape index (κ1) is 37.0. The van der Waals surface area contributed by atoms with E-state index in [-0.39, 0.29) is 31.4 Å². The number of hydrogen-bond acceptors (Lipinski definition) is 8. The summed E-state index contributed by atoms with van der Waals surface area (Å²) >= 11 is 0.